The van der Waals surface area contributed by atoms with Crippen molar-refractivity contribution in [2.75, 3.05) is 26.2 Å². The number of aryl methyl sites for hydroxylation is 1. The Labute approximate surface area is 276 Å². The fourth-order valence-corrected chi connectivity index (χ4v) is 6.96. The molecule has 1 aromatic heterocycles. The molecule has 0 aliphatic carbocycles. The maximum absolute atomic E-state index is 13.9. The zero-order valence-electron chi connectivity index (χ0n) is 26.5. The molecule has 7 rings (SSSR count). The SMILES string of the molecule is CC(C)CNC(=O)c1cc2cc(c1)C(=O)N[C@H]1CN(S(=O)(=O)c3ccc4oc(=O)n(C)c4c3)C[C@@H]1Oc1ccc(cc1)CNC(=O)CO2. The number of sulfonamides is 1. The Morgan fingerprint density at radius 3 is 2.52 bits per heavy atom. The first-order chi connectivity index (χ1) is 22.9. The second-order valence-corrected chi connectivity index (χ2v) is 14.1. The van der Waals surface area contributed by atoms with Gasteiger partial charge < -0.3 is 29.8 Å². The van der Waals surface area contributed by atoms with E-state index in [9.17, 15) is 27.6 Å². The van der Waals surface area contributed by atoms with Crippen molar-refractivity contribution in [3.63, 3.8) is 0 Å². The highest BCUT2D eigenvalue weighted by Gasteiger charge is 2.42. The van der Waals surface area contributed by atoms with Crippen LogP contribution in [-0.4, -0.2) is 73.4 Å². The maximum Gasteiger partial charge on any atom is 0.419 e. The van der Waals surface area contributed by atoms with E-state index < -0.39 is 45.6 Å². The number of oxazole rings is 1. The Morgan fingerprint density at radius 2 is 1.77 bits per heavy atom. The average molecular weight is 678 g/mol. The van der Waals surface area contributed by atoms with Gasteiger partial charge in [-0.05, 0) is 60.0 Å². The summed E-state index contributed by atoms with van der Waals surface area (Å²) in [4.78, 5) is 51.2. The fourth-order valence-electron chi connectivity index (χ4n) is 5.47. The Kier molecular flexibility index (Phi) is 8.99. The zero-order valence-corrected chi connectivity index (χ0v) is 27.3. The molecule has 15 heteroatoms. The number of carbonyl (C=O) groups is 3. The molecule has 4 bridgehead atoms. The molecule has 1 fully saturated rings. The van der Waals surface area contributed by atoms with Gasteiger partial charge in [0.1, 0.15) is 17.6 Å². The van der Waals surface area contributed by atoms with Crippen molar-refractivity contribution >= 4 is 38.8 Å². The molecule has 0 saturated carbocycles. The summed E-state index contributed by atoms with van der Waals surface area (Å²) in [6.45, 7) is 3.94. The van der Waals surface area contributed by atoms with E-state index in [2.05, 4.69) is 16.0 Å². The predicted molar refractivity (Wildman–Crippen MR) is 173 cm³/mol. The lowest BCUT2D eigenvalue weighted by Crippen LogP contribution is -2.45. The fraction of sp³-hybridized carbons (Fsp3) is 0.333. The lowest BCUT2D eigenvalue weighted by molar-refractivity contribution is -0.123. The van der Waals surface area contributed by atoms with Crippen LogP contribution in [0.3, 0.4) is 0 Å². The van der Waals surface area contributed by atoms with Crippen LogP contribution in [0.1, 0.15) is 40.1 Å². The van der Waals surface area contributed by atoms with Crippen molar-refractivity contribution in [2.45, 2.75) is 37.4 Å². The summed E-state index contributed by atoms with van der Waals surface area (Å²) >= 11 is 0. The van der Waals surface area contributed by atoms with Crippen LogP contribution < -0.4 is 31.2 Å². The first-order valence-corrected chi connectivity index (χ1v) is 16.8. The quantitative estimate of drug-likeness (QED) is 0.284. The number of hydrogen-bond acceptors (Lipinski definition) is 9. The van der Waals surface area contributed by atoms with E-state index in [4.69, 9.17) is 13.9 Å². The second-order valence-electron chi connectivity index (χ2n) is 12.2. The van der Waals surface area contributed by atoms with Crippen LogP contribution in [0, 0.1) is 5.92 Å². The van der Waals surface area contributed by atoms with E-state index in [1.165, 1.54) is 52.3 Å². The van der Waals surface area contributed by atoms with E-state index in [-0.39, 0.29) is 59.5 Å². The Bertz CT molecular complexity index is 2050. The predicted octanol–water partition coefficient (Wildman–Crippen LogP) is 1.78. The van der Waals surface area contributed by atoms with Crippen molar-refractivity contribution in [1.29, 1.82) is 0 Å². The molecule has 1 saturated heterocycles. The third kappa shape index (κ3) is 6.92. The Morgan fingerprint density at radius 1 is 1.00 bits per heavy atom. The number of benzene rings is 3. The van der Waals surface area contributed by atoms with Crippen LogP contribution in [0.2, 0.25) is 0 Å². The van der Waals surface area contributed by atoms with Crippen LogP contribution in [0.5, 0.6) is 11.5 Å². The highest BCUT2D eigenvalue weighted by molar-refractivity contribution is 7.89. The van der Waals surface area contributed by atoms with Gasteiger partial charge in [0.15, 0.2) is 12.2 Å². The van der Waals surface area contributed by atoms with Gasteiger partial charge in [0.25, 0.3) is 17.7 Å². The van der Waals surface area contributed by atoms with E-state index in [1.54, 1.807) is 24.3 Å². The summed E-state index contributed by atoms with van der Waals surface area (Å²) in [7, 11) is -2.63. The largest absolute Gasteiger partial charge is 0.487 e. The minimum atomic E-state index is -4.12. The molecule has 2 atom stereocenters. The van der Waals surface area contributed by atoms with Gasteiger partial charge in [-0.15, -0.1) is 0 Å². The summed E-state index contributed by atoms with van der Waals surface area (Å²) in [6.07, 6.45) is -0.805. The molecule has 4 aromatic rings. The van der Waals surface area contributed by atoms with Gasteiger partial charge in [0.2, 0.25) is 10.0 Å². The first kappa shape index (κ1) is 32.8. The zero-order chi connectivity index (χ0) is 34.2. The number of rotatable bonds is 5. The van der Waals surface area contributed by atoms with Gasteiger partial charge in [-0.2, -0.15) is 4.31 Å². The Balaban J connectivity index is 1.34. The minimum absolute atomic E-state index is 0.0557. The molecule has 14 nitrogen and oxygen atoms in total. The van der Waals surface area contributed by atoms with Gasteiger partial charge in [0, 0.05) is 37.8 Å². The van der Waals surface area contributed by atoms with Crippen molar-refractivity contribution in [2.24, 2.45) is 13.0 Å². The van der Waals surface area contributed by atoms with Crippen molar-refractivity contribution in [1.82, 2.24) is 24.8 Å². The molecule has 3 aromatic carbocycles. The van der Waals surface area contributed by atoms with Crippen molar-refractivity contribution < 1.29 is 36.7 Å². The van der Waals surface area contributed by atoms with Crippen LogP contribution in [0.25, 0.3) is 11.1 Å². The molecular weight excluding hydrogens is 642 g/mol. The van der Waals surface area contributed by atoms with Crippen LogP contribution in [-0.2, 0) is 28.4 Å². The molecule has 4 heterocycles. The average Bonchev–Trinajstić information content (AvgIpc) is 3.60. The van der Waals surface area contributed by atoms with E-state index in [0.29, 0.717) is 17.8 Å². The molecule has 0 radical (unpaired) electrons. The smallest absolute Gasteiger partial charge is 0.419 e. The van der Waals surface area contributed by atoms with Gasteiger partial charge >= 0.3 is 5.76 Å². The highest BCUT2D eigenvalue weighted by Crippen LogP contribution is 2.28. The molecule has 0 spiro atoms. The number of aromatic nitrogens is 1. The number of nitrogens with zero attached hydrogens (tertiary/aromatic N) is 2. The molecular formula is C33H35N5O9S. The third-order valence-corrected chi connectivity index (χ3v) is 9.95. The molecule has 3 amide bonds. The summed E-state index contributed by atoms with van der Waals surface area (Å²) in [6, 6.07) is 14.6. The van der Waals surface area contributed by atoms with Gasteiger partial charge in [-0.1, -0.05) is 26.0 Å². The molecule has 252 valence electrons. The number of amides is 3. The standard InChI is InChI=1S/C33H35N5O9S/c1-19(2)14-35-31(40)21-10-22-12-24(11-21)45-18-30(39)34-15-20-4-6-23(7-5-20)46-29-17-38(16-26(29)36-32(22)41)48(43,44)25-8-9-28-27(13-25)37(3)33(42)47-28/h4-13,19,26,29H,14-18H2,1-3H3,(H,34,39)(H,35,40)(H,36,41)/t26-,29-/m0/s1. The molecule has 48 heavy (non-hydrogen) atoms. The van der Waals surface area contributed by atoms with Crippen molar-refractivity contribution in [3.8, 4) is 11.5 Å². The van der Waals surface area contributed by atoms with E-state index in [0.717, 1.165) is 5.56 Å². The summed E-state index contributed by atoms with van der Waals surface area (Å²) in [5.74, 6) is -1.29. The lowest BCUT2D eigenvalue weighted by Gasteiger charge is -2.21. The second kappa shape index (κ2) is 13.2. The maximum atomic E-state index is 13.9. The highest BCUT2D eigenvalue weighted by atomic mass is 32.2. The topological polar surface area (TPSA) is 178 Å². The number of ether oxygens (including phenoxy) is 2. The number of hydrogen-bond donors (Lipinski definition) is 3. The number of carbonyl (C=O) groups excluding carboxylic acids is 3. The van der Waals surface area contributed by atoms with Crippen LogP contribution >= 0.6 is 0 Å². The van der Waals surface area contributed by atoms with Crippen molar-refractivity contribution in [3.05, 3.63) is 87.9 Å². The first-order valence-electron chi connectivity index (χ1n) is 15.4. The van der Waals surface area contributed by atoms with Gasteiger partial charge in [0.05, 0.1) is 23.0 Å². The Hall–Kier alpha value is -5.15. The van der Waals surface area contributed by atoms with Crippen LogP contribution in [0.4, 0.5) is 0 Å². The minimum Gasteiger partial charge on any atom is -0.487 e. The van der Waals surface area contributed by atoms with E-state index >= 15 is 0 Å². The number of nitrogens with one attached hydrogen (secondary N) is 3. The van der Waals surface area contributed by atoms with Gasteiger partial charge in [-0.25, -0.2) is 13.2 Å². The molecule has 0 unspecified atom stereocenters. The van der Waals surface area contributed by atoms with Gasteiger partial charge in [-0.3, -0.25) is 19.0 Å². The molecule has 3 aliphatic rings. The summed E-state index contributed by atoms with van der Waals surface area (Å²) < 4.78 is 47.3. The van der Waals surface area contributed by atoms with E-state index in [1.807, 2.05) is 13.8 Å². The summed E-state index contributed by atoms with van der Waals surface area (Å²) in [5, 5.41) is 8.48. The third-order valence-electron chi connectivity index (χ3n) is 8.12. The summed E-state index contributed by atoms with van der Waals surface area (Å²) in [5.41, 5.74) is 1.58. The monoisotopic (exact) mass is 677 g/mol. The molecule has 3 N–H and O–H groups in total. The number of fused-ring (bicyclic) bond motifs is 8. The molecule has 3 aliphatic heterocycles. The normalized spacial score (nSPS) is 18.8. The lowest BCUT2D eigenvalue weighted by atomic mass is 10.1. The van der Waals surface area contributed by atoms with Crippen LogP contribution in [0.15, 0.2) is 74.8 Å².